The maximum absolute atomic E-state index is 12.5. The van der Waals surface area contributed by atoms with Crippen molar-refractivity contribution in [1.82, 2.24) is 4.90 Å². The van der Waals surface area contributed by atoms with Gasteiger partial charge in [0, 0.05) is 24.2 Å². The van der Waals surface area contributed by atoms with E-state index < -0.39 is 0 Å². The lowest BCUT2D eigenvalue weighted by atomic mass is 9.84. The monoisotopic (exact) mass is 353 g/mol. The molecule has 0 aliphatic carbocycles. The van der Waals surface area contributed by atoms with Crippen LogP contribution in [0.1, 0.15) is 29.5 Å². The second kappa shape index (κ2) is 6.66. The third kappa shape index (κ3) is 3.22. The zero-order valence-electron chi connectivity index (χ0n) is 14.0. The summed E-state index contributed by atoms with van der Waals surface area (Å²) in [6.07, 6.45) is 5.18. The average molecular weight is 354 g/mol. The average Bonchev–Trinajstić information content (AvgIpc) is 3.00. The Kier molecular flexibility index (Phi) is 4.36. The molecule has 0 unspecified atom stereocenters. The molecule has 4 heteroatoms. The van der Waals surface area contributed by atoms with Crippen molar-refractivity contribution in [2.45, 2.75) is 25.0 Å². The highest BCUT2D eigenvalue weighted by molar-refractivity contribution is 6.30. The Hall–Kier alpha value is -2.10. The molecule has 2 aromatic rings. The molecule has 0 bridgehead atoms. The molecule has 0 N–H and O–H groups in total. The first-order chi connectivity index (χ1) is 12.2. The Morgan fingerprint density at radius 2 is 1.80 bits per heavy atom. The number of likely N-dealkylation sites (tertiary alicyclic amines) is 1. The first-order valence-corrected chi connectivity index (χ1v) is 8.99. The summed E-state index contributed by atoms with van der Waals surface area (Å²) >= 11 is 5.88. The predicted molar refractivity (Wildman–Crippen MR) is 99.2 cm³/mol. The van der Waals surface area contributed by atoms with E-state index in [-0.39, 0.29) is 11.5 Å². The highest BCUT2D eigenvalue weighted by atomic mass is 35.5. The van der Waals surface area contributed by atoms with Crippen LogP contribution < -0.4 is 0 Å². The zero-order valence-corrected chi connectivity index (χ0v) is 14.7. The van der Waals surface area contributed by atoms with Gasteiger partial charge in [-0.25, -0.2) is 0 Å². The summed E-state index contributed by atoms with van der Waals surface area (Å²) < 4.78 is 6.15. The SMILES string of the molecule is O=C(/C=C/c1ccc(Cl)cc1)N1CCC2(CC1)OCc1ccccc12. The van der Waals surface area contributed by atoms with E-state index in [0.29, 0.717) is 11.6 Å². The van der Waals surface area contributed by atoms with Crippen LogP contribution in [-0.2, 0) is 21.7 Å². The number of piperidine rings is 1. The molecule has 1 amide bonds. The van der Waals surface area contributed by atoms with Crippen LogP contribution >= 0.6 is 11.6 Å². The highest BCUT2D eigenvalue weighted by Crippen LogP contribution is 2.43. The standard InChI is InChI=1S/C21H20ClNO2/c22-18-8-5-16(6-9-18)7-10-20(24)23-13-11-21(12-14-23)19-4-2-1-3-17(19)15-25-21/h1-10H,11-15H2/b10-7+. The lowest BCUT2D eigenvalue weighted by Gasteiger charge is -2.39. The molecule has 2 aliphatic heterocycles. The van der Waals surface area contributed by atoms with E-state index in [1.807, 2.05) is 35.2 Å². The van der Waals surface area contributed by atoms with E-state index in [2.05, 4.69) is 24.3 Å². The van der Waals surface area contributed by atoms with Crippen molar-refractivity contribution in [2.24, 2.45) is 0 Å². The van der Waals surface area contributed by atoms with Crippen LogP contribution in [0.4, 0.5) is 0 Å². The number of ether oxygens (including phenoxy) is 1. The van der Waals surface area contributed by atoms with Crippen LogP contribution in [0.15, 0.2) is 54.6 Å². The molecule has 1 saturated heterocycles. The van der Waals surface area contributed by atoms with Gasteiger partial charge in [0.15, 0.2) is 0 Å². The first-order valence-electron chi connectivity index (χ1n) is 8.61. The van der Waals surface area contributed by atoms with Gasteiger partial charge in [0.1, 0.15) is 0 Å². The van der Waals surface area contributed by atoms with E-state index in [9.17, 15) is 4.79 Å². The largest absolute Gasteiger partial charge is 0.365 e. The molecule has 1 spiro atoms. The van der Waals surface area contributed by atoms with E-state index in [1.54, 1.807) is 6.08 Å². The molecule has 2 aliphatic rings. The summed E-state index contributed by atoms with van der Waals surface area (Å²) in [4.78, 5) is 14.4. The van der Waals surface area contributed by atoms with E-state index in [1.165, 1.54) is 11.1 Å². The van der Waals surface area contributed by atoms with Crippen molar-refractivity contribution in [3.63, 3.8) is 0 Å². The Morgan fingerprint density at radius 1 is 1.08 bits per heavy atom. The van der Waals surface area contributed by atoms with Crippen LogP contribution in [0.2, 0.25) is 5.02 Å². The third-order valence-corrected chi connectivity index (χ3v) is 5.44. The van der Waals surface area contributed by atoms with Crippen LogP contribution in [0.3, 0.4) is 0 Å². The summed E-state index contributed by atoms with van der Waals surface area (Å²) in [6, 6.07) is 15.9. The van der Waals surface area contributed by atoms with Gasteiger partial charge in [0.25, 0.3) is 0 Å². The first kappa shape index (κ1) is 16.4. The van der Waals surface area contributed by atoms with Gasteiger partial charge in [0.2, 0.25) is 5.91 Å². The second-order valence-corrected chi connectivity index (χ2v) is 7.09. The van der Waals surface area contributed by atoms with Crippen molar-refractivity contribution in [3.8, 4) is 0 Å². The molecular weight excluding hydrogens is 334 g/mol. The lowest BCUT2D eigenvalue weighted by molar-refractivity contribution is -0.133. The van der Waals surface area contributed by atoms with Gasteiger partial charge in [-0.1, -0.05) is 48.0 Å². The van der Waals surface area contributed by atoms with Crippen molar-refractivity contribution in [1.29, 1.82) is 0 Å². The number of rotatable bonds is 2. The summed E-state index contributed by atoms with van der Waals surface area (Å²) in [5, 5.41) is 0.696. The molecule has 0 aromatic heterocycles. The Labute approximate surface area is 152 Å². The number of carbonyl (C=O) groups excluding carboxylic acids is 1. The normalized spacial score (nSPS) is 18.7. The van der Waals surface area contributed by atoms with Gasteiger partial charge in [-0.15, -0.1) is 0 Å². The Balaban J connectivity index is 1.40. The summed E-state index contributed by atoms with van der Waals surface area (Å²) in [5.74, 6) is 0.0519. The molecule has 1 fully saturated rings. The molecule has 2 heterocycles. The maximum Gasteiger partial charge on any atom is 0.246 e. The third-order valence-electron chi connectivity index (χ3n) is 5.18. The van der Waals surface area contributed by atoms with Crippen molar-refractivity contribution < 1.29 is 9.53 Å². The van der Waals surface area contributed by atoms with Gasteiger partial charge in [-0.3, -0.25) is 4.79 Å². The van der Waals surface area contributed by atoms with Crippen molar-refractivity contribution in [2.75, 3.05) is 13.1 Å². The quantitative estimate of drug-likeness (QED) is 0.749. The van der Waals surface area contributed by atoms with Crippen LogP contribution in [0.5, 0.6) is 0 Å². The summed E-state index contributed by atoms with van der Waals surface area (Å²) in [5.41, 5.74) is 3.36. The number of hydrogen-bond donors (Lipinski definition) is 0. The topological polar surface area (TPSA) is 29.5 Å². The zero-order chi connectivity index (χ0) is 17.3. The smallest absolute Gasteiger partial charge is 0.246 e. The highest BCUT2D eigenvalue weighted by Gasteiger charge is 2.42. The van der Waals surface area contributed by atoms with Crippen molar-refractivity contribution in [3.05, 3.63) is 76.3 Å². The van der Waals surface area contributed by atoms with E-state index in [4.69, 9.17) is 16.3 Å². The van der Waals surface area contributed by atoms with Gasteiger partial charge in [-0.05, 0) is 47.7 Å². The maximum atomic E-state index is 12.5. The minimum absolute atomic E-state index is 0.0519. The Morgan fingerprint density at radius 3 is 2.56 bits per heavy atom. The van der Waals surface area contributed by atoms with Crippen LogP contribution in [0.25, 0.3) is 6.08 Å². The molecule has 4 rings (SSSR count). The minimum Gasteiger partial charge on any atom is -0.365 e. The molecular formula is C21H20ClNO2. The number of fused-ring (bicyclic) bond motifs is 2. The Bertz CT molecular complexity index is 805. The fraction of sp³-hybridized carbons (Fsp3) is 0.286. The van der Waals surface area contributed by atoms with Crippen molar-refractivity contribution >= 4 is 23.6 Å². The molecule has 2 aromatic carbocycles. The summed E-state index contributed by atoms with van der Waals surface area (Å²) in [7, 11) is 0. The second-order valence-electron chi connectivity index (χ2n) is 6.65. The number of halogens is 1. The van der Waals surface area contributed by atoms with Gasteiger partial charge in [0.05, 0.1) is 12.2 Å². The fourth-order valence-electron chi connectivity index (χ4n) is 3.73. The predicted octanol–water partition coefficient (Wildman–Crippen LogP) is 4.40. The number of carbonyl (C=O) groups is 1. The van der Waals surface area contributed by atoms with Gasteiger partial charge >= 0.3 is 0 Å². The number of hydrogen-bond acceptors (Lipinski definition) is 2. The summed E-state index contributed by atoms with van der Waals surface area (Å²) in [6.45, 7) is 2.12. The number of benzene rings is 2. The lowest BCUT2D eigenvalue weighted by Crippen LogP contribution is -2.44. The van der Waals surface area contributed by atoms with Crippen LogP contribution in [-0.4, -0.2) is 23.9 Å². The number of amides is 1. The molecule has 0 saturated carbocycles. The molecule has 3 nitrogen and oxygen atoms in total. The number of nitrogens with zero attached hydrogens (tertiary/aromatic N) is 1. The molecule has 128 valence electrons. The van der Waals surface area contributed by atoms with E-state index in [0.717, 1.165) is 31.5 Å². The van der Waals surface area contributed by atoms with Gasteiger partial charge < -0.3 is 9.64 Å². The fourth-order valence-corrected chi connectivity index (χ4v) is 3.86. The van der Waals surface area contributed by atoms with Crippen LogP contribution in [0, 0.1) is 0 Å². The minimum atomic E-state index is -0.201. The van der Waals surface area contributed by atoms with E-state index >= 15 is 0 Å². The molecule has 0 atom stereocenters. The molecule has 0 radical (unpaired) electrons. The van der Waals surface area contributed by atoms with Gasteiger partial charge in [-0.2, -0.15) is 0 Å². The molecule has 25 heavy (non-hydrogen) atoms.